The fourth-order valence-corrected chi connectivity index (χ4v) is 9.34. The van der Waals surface area contributed by atoms with Crippen molar-refractivity contribution < 1.29 is 24.5 Å². The highest BCUT2D eigenvalue weighted by Crippen LogP contribution is 2.68. The molecule has 200 valence electrons. The summed E-state index contributed by atoms with van der Waals surface area (Å²) in [6.07, 6.45) is 8.94. The molecule has 4 saturated carbocycles. The van der Waals surface area contributed by atoms with E-state index in [9.17, 15) is 19.8 Å². The number of carboxylic acid groups (broad SMARTS) is 1. The van der Waals surface area contributed by atoms with Crippen molar-refractivity contribution in [2.75, 3.05) is 0 Å². The Kier molecular flexibility index (Phi) is 7.29. The Morgan fingerprint density at radius 1 is 1.06 bits per heavy atom. The van der Waals surface area contributed by atoms with Gasteiger partial charge in [0.15, 0.2) is 0 Å². The van der Waals surface area contributed by atoms with Crippen molar-refractivity contribution in [3.05, 3.63) is 0 Å². The van der Waals surface area contributed by atoms with Gasteiger partial charge in [0, 0.05) is 12.5 Å². The normalized spacial score (nSPS) is 43.9. The molecule has 0 aromatic heterocycles. The first-order valence-electron chi connectivity index (χ1n) is 14.1. The van der Waals surface area contributed by atoms with E-state index in [0.29, 0.717) is 41.9 Å². The third-order valence-electron chi connectivity index (χ3n) is 11.1. The molecule has 0 aromatic rings. The van der Waals surface area contributed by atoms with E-state index in [4.69, 9.17) is 4.74 Å². The summed E-state index contributed by atoms with van der Waals surface area (Å²) in [5.41, 5.74) is -0.372. The number of ether oxygens (including phenoxy) is 1. The van der Waals surface area contributed by atoms with Crippen molar-refractivity contribution in [3.63, 3.8) is 0 Å². The largest absolute Gasteiger partial charge is 0.481 e. The van der Waals surface area contributed by atoms with Crippen molar-refractivity contribution in [2.24, 2.45) is 46.3 Å². The Bertz CT molecular complexity index is 807. The van der Waals surface area contributed by atoms with Crippen LogP contribution >= 0.6 is 0 Å². The summed E-state index contributed by atoms with van der Waals surface area (Å²) in [5, 5.41) is 24.0. The molecule has 35 heavy (non-hydrogen) atoms. The monoisotopic (exact) mass is 491 g/mol. The summed E-state index contributed by atoms with van der Waals surface area (Å²) >= 11 is 0. The van der Waals surface area contributed by atoms with Crippen molar-refractivity contribution in [1.82, 2.24) is 5.32 Å². The minimum absolute atomic E-state index is 0.0994. The Morgan fingerprint density at radius 2 is 1.77 bits per heavy atom. The molecule has 0 heterocycles. The molecule has 0 spiro atoms. The zero-order valence-electron chi connectivity index (χ0n) is 22.8. The number of alkyl carbamates (subject to hydrolysis) is 1. The molecule has 4 aliphatic rings. The van der Waals surface area contributed by atoms with E-state index in [1.54, 1.807) is 0 Å². The van der Waals surface area contributed by atoms with E-state index in [-0.39, 0.29) is 35.5 Å². The van der Waals surface area contributed by atoms with Crippen LogP contribution in [0.15, 0.2) is 0 Å². The summed E-state index contributed by atoms with van der Waals surface area (Å²) in [7, 11) is 0. The number of hydrogen-bond donors (Lipinski definition) is 3. The predicted octanol–water partition coefficient (Wildman–Crippen LogP) is 6.01. The van der Waals surface area contributed by atoms with Gasteiger partial charge in [-0.2, -0.15) is 0 Å². The number of carboxylic acids is 1. The van der Waals surface area contributed by atoms with E-state index >= 15 is 0 Å². The minimum Gasteiger partial charge on any atom is -0.481 e. The van der Waals surface area contributed by atoms with Gasteiger partial charge in [0.05, 0.1) is 6.10 Å². The maximum absolute atomic E-state index is 12.4. The highest BCUT2D eigenvalue weighted by molar-refractivity contribution is 5.68. The molecule has 0 aromatic carbocycles. The van der Waals surface area contributed by atoms with Gasteiger partial charge < -0.3 is 20.3 Å². The lowest BCUT2D eigenvalue weighted by molar-refractivity contribution is -0.169. The second-order valence-electron chi connectivity index (χ2n) is 14.0. The van der Waals surface area contributed by atoms with Crippen LogP contribution in [0, 0.1) is 46.3 Å². The van der Waals surface area contributed by atoms with Crippen LogP contribution in [0.5, 0.6) is 0 Å². The van der Waals surface area contributed by atoms with Gasteiger partial charge in [0.2, 0.25) is 0 Å². The molecule has 6 heteroatoms. The summed E-state index contributed by atoms with van der Waals surface area (Å²) in [4.78, 5) is 23.5. The van der Waals surface area contributed by atoms with Gasteiger partial charge in [-0.3, -0.25) is 4.79 Å². The van der Waals surface area contributed by atoms with Crippen LogP contribution in [0.1, 0.15) is 106 Å². The van der Waals surface area contributed by atoms with E-state index in [1.807, 2.05) is 20.8 Å². The summed E-state index contributed by atoms with van der Waals surface area (Å²) in [5.74, 6) is 2.30. The lowest BCUT2D eigenvalue weighted by Crippen LogP contribution is -2.59. The predicted molar refractivity (Wildman–Crippen MR) is 136 cm³/mol. The Morgan fingerprint density at radius 3 is 2.43 bits per heavy atom. The standard InChI is InChI=1S/C29H49NO5/c1-17(7-12-25(32)33)21-10-11-22-20-9-8-18-15-19(30-26(34)35-27(2,3)4)13-14-28(18,5)23(20)16-24(31)29(21,22)6/h17-24,31H,7-16H2,1-6H3,(H,30,34)(H,32,33)/t17-,18-,19-,20+,21-,22+,23+,24+,28+,29-/m1/s1. The molecular formula is C29H49NO5. The van der Waals surface area contributed by atoms with Gasteiger partial charge >= 0.3 is 12.1 Å². The van der Waals surface area contributed by atoms with Crippen molar-refractivity contribution in [3.8, 4) is 0 Å². The fourth-order valence-electron chi connectivity index (χ4n) is 9.34. The number of carbonyl (C=O) groups is 2. The quantitative estimate of drug-likeness (QED) is 0.438. The minimum atomic E-state index is -0.719. The lowest BCUT2D eigenvalue weighted by Gasteiger charge is -2.62. The molecule has 10 atom stereocenters. The van der Waals surface area contributed by atoms with Crippen LogP contribution in [0.25, 0.3) is 0 Å². The van der Waals surface area contributed by atoms with Crippen molar-refractivity contribution in [1.29, 1.82) is 0 Å². The first-order chi connectivity index (χ1) is 16.3. The average Bonchev–Trinajstić information content (AvgIpc) is 3.10. The second-order valence-corrected chi connectivity index (χ2v) is 14.0. The third-order valence-corrected chi connectivity index (χ3v) is 11.1. The zero-order chi connectivity index (χ0) is 25.8. The molecule has 3 N–H and O–H groups in total. The fraction of sp³-hybridized carbons (Fsp3) is 0.931. The van der Waals surface area contributed by atoms with Crippen LogP contribution in [0.4, 0.5) is 4.79 Å². The maximum Gasteiger partial charge on any atom is 0.407 e. The second kappa shape index (κ2) is 9.54. The maximum atomic E-state index is 12.4. The van der Waals surface area contributed by atoms with Crippen LogP contribution in [0.2, 0.25) is 0 Å². The first-order valence-corrected chi connectivity index (χ1v) is 14.1. The smallest absolute Gasteiger partial charge is 0.407 e. The topological polar surface area (TPSA) is 95.9 Å². The van der Waals surface area contributed by atoms with Crippen molar-refractivity contribution in [2.45, 2.75) is 123 Å². The molecule has 4 aliphatic carbocycles. The number of fused-ring (bicyclic) bond motifs is 5. The van der Waals surface area contributed by atoms with Crippen LogP contribution < -0.4 is 5.32 Å². The number of aliphatic carboxylic acids is 1. The Labute approximate surface area is 212 Å². The number of carbonyl (C=O) groups excluding carboxylic acids is 1. The number of aliphatic hydroxyl groups is 1. The van der Waals surface area contributed by atoms with Gasteiger partial charge in [0.25, 0.3) is 0 Å². The molecule has 4 fully saturated rings. The van der Waals surface area contributed by atoms with E-state index in [1.165, 1.54) is 19.3 Å². The molecule has 1 amide bonds. The summed E-state index contributed by atoms with van der Waals surface area (Å²) < 4.78 is 5.50. The number of nitrogens with one attached hydrogen (secondary N) is 1. The zero-order valence-corrected chi connectivity index (χ0v) is 22.8. The van der Waals surface area contributed by atoms with E-state index in [2.05, 4.69) is 26.1 Å². The molecule has 0 radical (unpaired) electrons. The number of amides is 1. The van der Waals surface area contributed by atoms with Gasteiger partial charge in [-0.1, -0.05) is 20.8 Å². The van der Waals surface area contributed by atoms with Crippen molar-refractivity contribution >= 4 is 12.1 Å². The molecule has 0 bridgehead atoms. The SMILES string of the molecule is C[C@H](CCC(=O)O)[C@H]1CC[C@H]2[C@@H]3CC[C@@H]4C[C@H](NC(=O)OC(C)(C)C)CC[C@]4(C)[C@H]3C[C@H](O)[C@]12C. The third kappa shape index (κ3) is 4.98. The highest BCUT2D eigenvalue weighted by Gasteiger charge is 2.63. The van der Waals surface area contributed by atoms with Gasteiger partial charge in [0.1, 0.15) is 5.60 Å². The van der Waals surface area contributed by atoms with E-state index < -0.39 is 11.6 Å². The van der Waals surface area contributed by atoms with E-state index in [0.717, 1.165) is 32.1 Å². The van der Waals surface area contributed by atoms with Crippen LogP contribution in [0.3, 0.4) is 0 Å². The molecule has 6 nitrogen and oxygen atoms in total. The number of rotatable bonds is 5. The first kappa shape index (κ1) is 26.8. The average molecular weight is 492 g/mol. The molecular weight excluding hydrogens is 442 g/mol. The molecule has 4 rings (SSSR count). The number of hydrogen-bond acceptors (Lipinski definition) is 4. The summed E-state index contributed by atoms with van der Waals surface area (Å²) in [6, 6.07) is 0.171. The Hall–Kier alpha value is -1.30. The van der Waals surface area contributed by atoms with Gasteiger partial charge in [-0.15, -0.1) is 0 Å². The Balaban J connectivity index is 1.45. The summed E-state index contributed by atoms with van der Waals surface area (Å²) in [6.45, 7) is 12.7. The lowest BCUT2D eigenvalue weighted by atomic mass is 9.43. The molecule has 0 saturated heterocycles. The van der Waals surface area contributed by atoms with Crippen LogP contribution in [-0.4, -0.2) is 40.0 Å². The van der Waals surface area contributed by atoms with Crippen LogP contribution in [-0.2, 0) is 9.53 Å². The molecule has 0 aliphatic heterocycles. The van der Waals surface area contributed by atoms with Gasteiger partial charge in [-0.25, -0.2) is 4.79 Å². The van der Waals surface area contributed by atoms with Gasteiger partial charge in [-0.05, 0) is 125 Å². The molecule has 0 unspecified atom stereocenters. The highest BCUT2D eigenvalue weighted by atomic mass is 16.6. The number of aliphatic hydroxyl groups excluding tert-OH is 1.